The molecule has 1 amide bonds. The van der Waals surface area contributed by atoms with Gasteiger partial charge in [0.2, 0.25) is 0 Å². The summed E-state index contributed by atoms with van der Waals surface area (Å²) in [4.78, 5) is 37.0. The average Bonchev–Trinajstić information content (AvgIpc) is 2.87. The van der Waals surface area contributed by atoms with Crippen LogP contribution in [-0.4, -0.2) is 69.3 Å². The monoisotopic (exact) mass is 555 g/mol. The molecule has 7 heteroatoms. The summed E-state index contributed by atoms with van der Waals surface area (Å²) in [5.41, 5.74) is 0. The molecule has 0 aliphatic rings. The lowest BCUT2D eigenvalue weighted by Crippen LogP contribution is -2.46. The summed E-state index contributed by atoms with van der Waals surface area (Å²) < 4.78 is 11.6. The van der Waals surface area contributed by atoms with Gasteiger partial charge in [0.1, 0.15) is 6.61 Å². The van der Waals surface area contributed by atoms with E-state index in [0.29, 0.717) is 23.9 Å². The van der Waals surface area contributed by atoms with Crippen LogP contribution in [0.15, 0.2) is 0 Å². The first-order valence-electron chi connectivity index (χ1n) is 16.1. The van der Waals surface area contributed by atoms with Gasteiger partial charge in [0.05, 0.1) is 27.7 Å². The number of nitrogens with zero attached hydrogens (tertiary/aromatic N) is 1. The Kier molecular flexibility index (Phi) is 24.3. The van der Waals surface area contributed by atoms with Gasteiger partial charge in [0.25, 0.3) is 5.91 Å². The van der Waals surface area contributed by atoms with E-state index in [2.05, 4.69) is 19.2 Å². The standard InChI is InChI=1S/C32H62N2O5/c1-6-8-10-12-14-16-18-20-22-24-31(36)38-28-29(26-33-30(35)27-34(3,4)5)39-32(37)25-23-21-19-17-15-13-11-9-7-2/h29H,6-28H2,1-5H3/p+1. The fraction of sp³-hybridized carbons (Fsp3) is 0.906. The van der Waals surface area contributed by atoms with Crippen LogP contribution in [0.2, 0.25) is 0 Å². The van der Waals surface area contributed by atoms with Gasteiger partial charge in [-0.15, -0.1) is 0 Å². The maximum absolute atomic E-state index is 12.5. The number of likely N-dealkylation sites (N-methyl/N-ethyl adjacent to an activating group) is 1. The molecule has 1 atom stereocenters. The Hall–Kier alpha value is -1.63. The molecule has 0 heterocycles. The van der Waals surface area contributed by atoms with Crippen molar-refractivity contribution >= 4 is 17.8 Å². The Labute approximate surface area is 240 Å². The van der Waals surface area contributed by atoms with Crippen LogP contribution in [0.4, 0.5) is 0 Å². The molecule has 230 valence electrons. The molecule has 0 spiro atoms. The van der Waals surface area contributed by atoms with Gasteiger partial charge in [-0.3, -0.25) is 14.4 Å². The van der Waals surface area contributed by atoms with E-state index in [1.54, 1.807) is 0 Å². The molecular weight excluding hydrogens is 492 g/mol. The number of amides is 1. The Morgan fingerprint density at radius 2 is 1.03 bits per heavy atom. The second-order valence-electron chi connectivity index (χ2n) is 12.2. The molecule has 39 heavy (non-hydrogen) atoms. The first-order chi connectivity index (χ1) is 18.7. The number of hydrogen-bond donors (Lipinski definition) is 1. The van der Waals surface area contributed by atoms with Crippen molar-refractivity contribution in [3.05, 3.63) is 0 Å². The number of hydrogen-bond acceptors (Lipinski definition) is 5. The van der Waals surface area contributed by atoms with Crippen LogP contribution >= 0.6 is 0 Å². The quantitative estimate of drug-likeness (QED) is 0.0664. The molecule has 0 fully saturated rings. The molecule has 0 aromatic heterocycles. The lowest BCUT2D eigenvalue weighted by atomic mass is 10.1. The average molecular weight is 556 g/mol. The number of carbonyl (C=O) groups excluding carboxylic acids is 3. The van der Waals surface area contributed by atoms with Gasteiger partial charge in [-0.05, 0) is 12.8 Å². The molecule has 0 rings (SSSR count). The van der Waals surface area contributed by atoms with Crippen LogP contribution in [-0.2, 0) is 23.9 Å². The van der Waals surface area contributed by atoms with E-state index in [4.69, 9.17) is 9.47 Å². The lowest BCUT2D eigenvalue weighted by Gasteiger charge is -2.24. The first-order valence-corrected chi connectivity index (χ1v) is 16.1. The SMILES string of the molecule is CCCCCCCCCCCC(=O)OCC(CNC(=O)C[N+](C)(C)C)OC(=O)CCCCCCCCCCC. The van der Waals surface area contributed by atoms with Crippen LogP contribution in [0.1, 0.15) is 142 Å². The minimum absolute atomic E-state index is 0.0234. The first kappa shape index (κ1) is 37.4. The summed E-state index contributed by atoms with van der Waals surface area (Å²) in [5.74, 6) is -0.682. The van der Waals surface area contributed by atoms with Gasteiger partial charge >= 0.3 is 11.9 Å². The van der Waals surface area contributed by atoms with Crippen LogP contribution in [0.5, 0.6) is 0 Å². The van der Waals surface area contributed by atoms with Gasteiger partial charge < -0.3 is 19.3 Å². The van der Waals surface area contributed by atoms with E-state index in [1.807, 2.05) is 21.1 Å². The molecular formula is C32H63N2O5+. The van der Waals surface area contributed by atoms with E-state index in [1.165, 1.54) is 77.0 Å². The van der Waals surface area contributed by atoms with Crippen molar-refractivity contribution in [1.82, 2.24) is 5.32 Å². The number of unbranched alkanes of at least 4 members (excludes halogenated alkanes) is 16. The van der Waals surface area contributed by atoms with Crippen LogP contribution in [0.25, 0.3) is 0 Å². The number of rotatable bonds is 27. The largest absolute Gasteiger partial charge is 0.462 e. The van der Waals surface area contributed by atoms with E-state index >= 15 is 0 Å². The highest BCUT2D eigenvalue weighted by atomic mass is 16.6. The Morgan fingerprint density at radius 3 is 1.46 bits per heavy atom. The Morgan fingerprint density at radius 1 is 0.615 bits per heavy atom. The molecule has 1 unspecified atom stereocenters. The van der Waals surface area contributed by atoms with E-state index < -0.39 is 6.10 Å². The summed E-state index contributed by atoms with van der Waals surface area (Å²) in [6.45, 7) is 4.90. The second kappa shape index (κ2) is 25.3. The Bertz CT molecular complexity index is 618. The number of carbonyl (C=O) groups is 3. The van der Waals surface area contributed by atoms with Crippen molar-refractivity contribution in [2.45, 2.75) is 148 Å². The normalized spacial score (nSPS) is 12.2. The van der Waals surface area contributed by atoms with Gasteiger partial charge in [-0.2, -0.15) is 0 Å². The number of esters is 2. The highest BCUT2D eigenvalue weighted by Crippen LogP contribution is 2.12. The van der Waals surface area contributed by atoms with Crippen LogP contribution in [0.3, 0.4) is 0 Å². The maximum Gasteiger partial charge on any atom is 0.306 e. The van der Waals surface area contributed by atoms with Gasteiger partial charge in [-0.25, -0.2) is 0 Å². The fourth-order valence-corrected chi connectivity index (χ4v) is 4.51. The molecule has 0 saturated carbocycles. The number of quaternary nitrogens is 1. The van der Waals surface area contributed by atoms with E-state index in [9.17, 15) is 14.4 Å². The summed E-state index contributed by atoms with van der Waals surface area (Å²) in [6.07, 6.45) is 21.4. The smallest absolute Gasteiger partial charge is 0.306 e. The molecule has 0 bridgehead atoms. The summed E-state index contributed by atoms with van der Waals surface area (Å²) in [7, 11) is 5.82. The highest BCUT2D eigenvalue weighted by Gasteiger charge is 2.20. The molecule has 0 radical (unpaired) electrons. The zero-order valence-corrected chi connectivity index (χ0v) is 26.3. The zero-order chi connectivity index (χ0) is 29.2. The highest BCUT2D eigenvalue weighted by molar-refractivity contribution is 5.77. The van der Waals surface area contributed by atoms with E-state index in [-0.39, 0.29) is 31.0 Å². The van der Waals surface area contributed by atoms with Crippen molar-refractivity contribution in [2.24, 2.45) is 0 Å². The summed E-state index contributed by atoms with van der Waals surface area (Å²) in [6, 6.07) is 0. The van der Waals surface area contributed by atoms with E-state index in [0.717, 1.165) is 38.5 Å². The maximum atomic E-state index is 12.5. The molecule has 0 aliphatic carbocycles. The molecule has 0 aromatic carbocycles. The predicted octanol–water partition coefficient (Wildman–Crippen LogP) is 7.11. The third-order valence-electron chi connectivity index (χ3n) is 6.84. The molecule has 7 nitrogen and oxygen atoms in total. The fourth-order valence-electron chi connectivity index (χ4n) is 4.51. The lowest BCUT2D eigenvalue weighted by molar-refractivity contribution is -0.862. The minimum atomic E-state index is -0.667. The van der Waals surface area contributed by atoms with Crippen molar-refractivity contribution in [2.75, 3.05) is 40.8 Å². The van der Waals surface area contributed by atoms with Crippen LogP contribution in [0, 0.1) is 0 Å². The van der Waals surface area contributed by atoms with Crippen molar-refractivity contribution in [1.29, 1.82) is 0 Å². The Balaban J connectivity index is 4.31. The third-order valence-corrected chi connectivity index (χ3v) is 6.84. The predicted molar refractivity (Wildman–Crippen MR) is 160 cm³/mol. The molecule has 0 aliphatic heterocycles. The van der Waals surface area contributed by atoms with Crippen molar-refractivity contribution in [3.63, 3.8) is 0 Å². The molecule has 1 N–H and O–H groups in total. The summed E-state index contributed by atoms with van der Waals surface area (Å²) >= 11 is 0. The minimum Gasteiger partial charge on any atom is -0.462 e. The molecule has 0 aromatic rings. The molecule has 0 saturated heterocycles. The zero-order valence-electron chi connectivity index (χ0n) is 26.3. The number of ether oxygens (including phenoxy) is 2. The topological polar surface area (TPSA) is 81.7 Å². The second-order valence-corrected chi connectivity index (χ2v) is 12.2. The van der Waals surface area contributed by atoms with Crippen molar-refractivity contribution < 1.29 is 28.3 Å². The van der Waals surface area contributed by atoms with Gasteiger partial charge in [0, 0.05) is 12.8 Å². The van der Waals surface area contributed by atoms with Crippen molar-refractivity contribution in [3.8, 4) is 0 Å². The third kappa shape index (κ3) is 27.7. The van der Waals surface area contributed by atoms with Gasteiger partial charge in [0.15, 0.2) is 12.6 Å². The van der Waals surface area contributed by atoms with Crippen LogP contribution < -0.4 is 5.32 Å². The summed E-state index contributed by atoms with van der Waals surface area (Å²) in [5, 5.41) is 2.83. The number of nitrogens with one attached hydrogen (secondary N) is 1. The van der Waals surface area contributed by atoms with Gasteiger partial charge in [-0.1, -0.05) is 117 Å².